The first-order valence-electron chi connectivity index (χ1n) is 5.25. The van der Waals surface area contributed by atoms with E-state index in [2.05, 4.69) is 10.3 Å². The van der Waals surface area contributed by atoms with E-state index in [0.29, 0.717) is 11.6 Å². The number of carbonyl (C=O) groups is 1. The van der Waals surface area contributed by atoms with Crippen LogP contribution in [0.25, 0.3) is 0 Å². The maximum Gasteiger partial charge on any atom is 0.267 e. The molecule has 2 rings (SSSR count). The van der Waals surface area contributed by atoms with Crippen molar-refractivity contribution < 1.29 is 4.79 Å². The largest absolute Gasteiger partial charge is 0.364 e. The third-order valence-corrected chi connectivity index (χ3v) is 2.74. The van der Waals surface area contributed by atoms with Crippen molar-refractivity contribution in [2.24, 2.45) is 5.73 Å². The molecular formula is C11H15N3O. The summed E-state index contributed by atoms with van der Waals surface area (Å²) in [5.74, 6) is -0.0429. The quantitative estimate of drug-likeness (QED) is 0.744. The van der Waals surface area contributed by atoms with Crippen molar-refractivity contribution in [1.82, 2.24) is 10.3 Å². The van der Waals surface area contributed by atoms with Gasteiger partial charge in [0.05, 0.1) is 0 Å². The first-order chi connectivity index (χ1) is 7.27. The number of hydrogen-bond donors (Lipinski definition) is 2. The van der Waals surface area contributed by atoms with Gasteiger partial charge in [-0.1, -0.05) is 6.07 Å². The molecule has 0 spiro atoms. The van der Waals surface area contributed by atoms with Crippen LogP contribution in [0.3, 0.4) is 0 Å². The zero-order valence-corrected chi connectivity index (χ0v) is 8.57. The Morgan fingerprint density at radius 1 is 1.53 bits per heavy atom. The zero-order chi connectivity index (χ0) is 10.7. The van der Waals surface area contributed by atoms with E-state index >= 15 is 0 Å². The van der Waals surface area contributed by atoms with Gasteiger partial charge in [0, 0.05) is 18.2 Å². The summed E-state index contributed by atoms with van der Waals surface area (Å²) in [7, 11) is 0. The van der Waals surface area contributed by atoms with E-state index in [1.54, 1.807) is 6.07 Å². The molecule has 1 aliphatic rings. The van der Waals surface area contributed by atoms with Crippen LogP contribution in [0.15, 0.2) is 18.2 Å². The van der Waals surface area contributed by atoms with Crippen LogP contribution in [0.2, 0.25) is 0 Å². The summed E-state index contributed by atoms with van der Waals surface area (Å²) < 4.78 is 0. The Morgan fingerprint density at radius 2 is 2.40 bits per heavy atom. The van der Waals surface area contributed by atoms with Crippen molar-refractivity contribution in [3.05, 3.63) is 29.6 Å². The van der Waals surface area contributed by atoms with Crippen LogP contribution in [0.1, 0.15) is 34.9 Å². The van der Waals surface area contributed by atoms with Crippen molar-refractivity contribution in [2.45, 2.75) is 18.8 Å². The van der Waals surface area contributed by atoms with Gasteiger partial charge in [0.25, 0.3) is 5.91 Å². The average Bonchev–Trinajstić information content (AvgIpc) is 2.30. The third-order valence-electron chi connectivity index (χ3n) is 2.74. The predicted molar refractivity (Wildman–Crippen MR) is 57.6 cm³/mol. The molecule has 1 fully saturated rings. The average molecular weight is 205 g/mol. The Morgan fingerprint density at radius 3 is 3.07 bits per heavy atom. The lowest BCUT2D eigenvalue weighted by molar-refractivity contribution is 0.0995. The number of amides is 1. The van der Waals surface area contributed by atoms with Gasteiger partial charge in [-0.2, -0.15) is 0 Å². The standard InChI is InChI=1S/C11H15N3O/c12-11(15)10-5-1-4-9(14-10)8-3-2-6-13-7-8/h1,4-5,8,13H,2-3,6-7H2,(H2,12,15). The first kappa shape index (κ1) is 10.1. The molecule has 0 aromatic carbocycles. The molecule has 15 heavy (non-hydrogen) atoms. The molecular weight excluding hydrogens is 190 g/mol. The van der Waals surface area contributed by atoms with Crippen LogP contribution in [-0.4, -0.2) is 24.0 Å². The highest BCUT2D eigenvalue weighted by Crippen LogP contribution is 2.21. The number of rotatable bonds is 2. The summed E-state index contributed by atoms with van der Waals surface area (Å²) in [6.07, 6.45) is 2.29. The Bertz CT molecular complexity index is 359. The number of carbonyl (C=O) groups excluding carboxylic acids is 1. The highest BCUT2D eigenvalue weighted by atomic mass is 16.1. The molecule has 1 unspecified atom stereocenters. The molecule has 1 atom stereocenters. The highest BCUT2D eigenvalue weighted by Gasteiger charge is 2.17. The summed E-state index contributed by atoms with van der Waals surface area (Å²) in [5.41, 5.74) is 6.53. The summed E-state index contributed by atoms with van der Waals surface area (Å²) in [6, 6.07) is 5.46. The highest BCUT2D eigenvalue weighted by molar-refractivity contribution is 5.90. The van der Waals surface area contributed by atoms with Crippen LogP contribution < -0.4 is 11.1 Å². The molecule has 0 bridgehead atoms. The molecule has 4 nitrogen and oxygen atoms in total. The summed E-state index contributed by atoms with van der Waals surface area (Å²) >= 11 is 0. The van der Waals surface area contributed by atoms with E-state index in [0.717, 1.165) is 31.6 Å². The van der Waals surface area contributed by atoms with Crippen molar-refractivity contribution in [2.75, 3.05) is 13.1 Å². The lowest BCUT2D eigenvalue weighted by atomic mass is 9.95. The minimum atomic E-state index is -0.458. The fourth-order valence-electron chi connectivity index (χ4n) is 1.92. The third kappa shape index (κ3) is 2.33. The summed E-state index contributed by atoms with van der Waals surface area (Å²) in [6.45, 7) is 2.02. The number of pyridine rings is 1. The molecule has 1 aliphatic heterocycles. The maximum atomic E-state index is 11.0. The fraction of sp³-hybridized carbons (Fsp3) is 0.455. The second-order valence-electron chi connectivity index (χ2n) is 3.86. The van der Waals surface area contributed by atoms with Gasteiger partial charge < -0.3 is 11.1 Å². The summed E-state index contributed by atoms with van der Waals surface area (Å²) in [4.78, 5) is 15.3. The molecule has 4 heteroatoms. The van der Waals surface area contributed by atoms with Gasteiger partial charge in [-0.25, -0.2) is 4.98 Å². The molecule has 1 saturated heterocycles. The number of primary amides is 1. The Labute approximate surface area is 88.9 Å². The molecule has 0 saturated carbocycles. The maximum absolute atomic E-state index is 11.0. The van der Waals surface area contributed by atoms with Crippen LogP contribution in [0.5, 0.6) is 0 Å². The van der Waals surface area contributed by atoms with Gasteiger partial charge in [-0.3, -0.25) is 4.79 Å². The van der Waals surface area contributed by atoms with Crippen LogP contribution >= 0.6 is 0 Å². The molecule has 1 amide bonds. The molecule has 3 N–H and O–H groups in total. The van der Waals surface area contributed by atoms with E-state index in [1.165, 1.54) is 0 Å². The lowest BCUT2D eigenvalue weighted by Crippen LogP contribution is -2.29. The zero-order valence-electron chi connectivity index (χ0n) is 8.57. The van der Waals surface area contributed by atoms with Crippen LogP contribution in [0.4, 0.5) is 0 Å². The van der Waals surface area contributed by atoms with Gasteiger partial charge in [0.15, 0.2) is 0 Å². The Kier molecular flexibility index (Phi) is 2.97. The van der Waals surface area contributed by atoms with Gasteiger partial charge >= 0.3 is 0 Å². The van der Waals surface area contributed by atoms with Crippen molar-refractivity contribution >= 4 is 5.91 Å². The number of nitrogens with one attached hydrogen (secondary N) is 1. The topological polar surface area (TPSA) is 68.0 Å². The normalized spacial score (nSPS) is 21.2. The molecule has 1 aromatic rings. The number of piperidine rings is 1. The van der Waals surface area contributed by atoms with Gasteiger partial charge in [-0.05, 0) is 31.5 Å². The van der Waals surface area contributed by atoms with Crippen molar-refractivity contribution in [1.29, 1.82) is 0 Å². The Hall–Kier alpha value is -1.42. The fourth-order valence-corrected chi connectivity index (χ4v) is 1.92. The van der Waals surface area contributed by atoms with E-state index in [1.807, 2.05) is 12.1 Å². The predicted octanol–water partition coefficient (Wildman–Crippen LogP) is 0.647. The second-order valence-corrected chi connectivity index (χ2v) is 3.86. The van der Waals surface area contributed by atoms with Gasteiger partial charge in [0.1, 0.15) is 5.69 Å². The Balaban J connectivity index is 2.19. The van der Waals surface area contributed by atoms with E-state index in [4.69, 9.17) is 5.73 Å². The number of hydrogen-bond acceptors (Lipinski definition) is 3. The summed E-state index contributed by atoms with van der Waals surface area (Å²) in [5, 5.41) is 3.33. The smallest absolute Gasteiger partial charge is 0.267 e. The van der Waals surface area contributed by atoms with Gasteiger partial charge in [0.2, 0.25) is 0 Å². The molecule has 0 aliphatic carbocycles. The number of nitrogens with zero attached hydrogens (tertiary/aromatic N) is 1. The molecule has 2 heterocycles. The minimum Gasteiger partial charge on any atom is -0.364 e. The molecule has 0 radical (unpaired) electrons. The number of aromatic nitrogens is 1. The van der Waals surface area contributed by atoms with E-state index in [9.17, 15) is 4.79 Å². The van der Waals surface area contributed by atoms with E-state index < -0.39 is 5.91 Å². The van der Waals surface area contributed by atoms with E-state index in [-0.39, 0.29) is 0 Å². The van der Waals surface area contributed by atoms with Crippen molar-refractivity contribution in [3.8, 4) is 0 Å². The van der Waals surface area contributed by atoms with Crippen molar-refractivity contribution in [3.63, 3.8) is 0 Å². The first-order valence-corrected chi connectivity index (χ1v) is 5.25. The lowest BCUT2D eigenvalue weighted by Gasteiger charge is -2.22. The van der Waals surface area contributed by atoms with Gasteiger partial charge in [-0.15, -0.1) is 0 Å². The van der Waals surface area contributed by atoms with Crippen LogP contribution in [0, 0.1) is 0 Å². The molecule has 80 valence electrons. The number of nitrogens with two attached hydrogens (primary N) is 1. The van der Waals surface area contributed by atoms with Crippen LogP contribution in [-0.2, 0) is 0 Å². The second kappa shape index (κ2) is 4.40. The monoisotopic (exact) mass is 205 g/mol. The molecule has 1 aromatic heterocycles. The SMILES string of the molecule is NC(=O)c1cccc(C2CCCNC2)n1. The minimum absolute atomic E-state index is 0.359.